The number of carbonyl (C=O) groups is 2. The molecule has 0 aliphatic heterocycles. The van der Waals surface area contributed by atoms with Crippen LogP contribution in [0.2, 0.25) is 0 Å². The van der Waals surface area contributed by atoms with Gasteiger partial charge in [-0.3, -0.25) is 9.59 Å². The zero-order chi connectivity index (χ0) is 16.2. The molecule has 118 valence electrons. The molecule has 0 aliphatic rings. The van der Waals surface area contributed by atoms with E-state index in [1.807, 2.05) is 0 Å². The Morgan fingerprint density at radius 1 is 1.10 bits per heavy atom. The Balaban J connectivity index is 5.45. The summed E-state index contributed by atoms with van der Waals surface area (Å²) >= 11 is 0. The third-order valence-corrected chi connectivity index (χ3v) is 2.55. The van der Waals surface area contributed by atoms with Gasteiger partial charge in [0.25, 0.3) is 11.5 Å². The first-order chi connectivity index (χ1) is 8.89. The second-order valence-electron chi connectivity index (χ2n) is 5.61. The van der Waals surface area contributed by atoms with Gasteiger partial charge in [-0.05, 0) is 27.2 Å². The summed E-state index contributed by atoms with van der Waals surface area (Å²) in [6, 6.07) is 0. The van der Waals surface area contributed by atoms with E-state index in [2.05, 4.69) is 10.1 Å². The molecule has 0 radical (unpaired) electrons. The van der Waals surface area contributed by atoms with E-state index in [0.717, 1.165) is 6.92 Å². The number of hydrogen-bond donors (Lipinski definition) is 1. The van der Waals surface area contributed by atoms with E-state index in [-0.39, 0.29) is 6.42 Å². The van der Waals surface area contributed by atoms with Crippen molar-refractivity contribution in [1.29, 1.82) is 0 Å². The van der Waals surface area contributed by atoms with Crippen molar-refractivity contribution in [3.8, 4) is 0 Å². The molecule has 20 heavy (non-hydrogen) atoms. The number of rotatable bonds is 5. The molecule has 0 rings (SSSR count). The number of ether oxygens (including phenoxy) is 1. The first-order valence-corrected chi connectivity index (χ1v) is 6.50. The minimum atomic E-state index is -4.97. The molecule has 0 bridgehead atoms. The summed E-state index contributed by atoms with van der Waals surface area (Å²) in [5.41, 5.74) is -3.99. The van der Waals surface area contributed by atoms with Gasteiger partial charge >= 0.3 is 12.1 Å². The van der Waals surface area contributed by atoms with E-state index < -0.39 is 35.6 Å². The van der Waals surface area contributed by atoms with E-state index in [9.17, 15) is 22.8 Å². The Bertz CT molecular complexity index is 361. The highest BCUT2D eigenvalue weighted by Gasteiger charge is 2.63. The first-order valence-electron chi connectivity index (χ1n) is 6.50. The van der Waals surface area contributed by atoms with Gasteiger partial charge in [-0.15, -0.1) is 0 Å². The molecule has 0 unspecified atom stereocenters. The maximum atomic E-state index is 13.3. The molecule has 1 atom stereocenters. The zero-order valence-electron chi connectivity index (χ0n) is 12.5. The summed E-state index contributed by atoms with van der Waals surface area (Å²) in [6.45, 7) is 7.45. The Labute approximate surface area is 117 Å². The van der Waals surface area contributed by atoms with E-state index >= 15 is 0 Å². The number of carbonyl (C=O) groups excluding carboxylic acids is 2. The minimum absolute atomic E-state index is 0.166. The van der Waals surface area contributed by atoms with Gasteiger partial charge in [0.15, 0.2) is 0 Å². The average molecular weight is 297 g/mol. The highest BCUT2D eigenvalue weighted by Crippen LogP contribution is 2.37. The molecule has 0 aliphatic carbocycles. The highest BCUT2D eigenvalue weighted by atomic mass is 19.4. The van der Waals surface area contributed by atoms with Crippen LogP contribution in [-0.4, -0.2) is 29.2 Å². The number of nitrogens with one attached hydrogen (secondary N) is 1. The van der Waals surface area contributed by atoms with Crippen LogP contribution in [-0.2, 0) is 14.3 Å². The van der Waals surface area contributed by atoms with E-state index in [4.69, 9.17) is 0 Å². The van der Waals surface area contributed by atoms with Crippen molar-refractivity contribution < 1.29 is 27.5 Å². The molecule has 0 aromatic heterocycles. The molecule has 0 heterocycles. The zero-order valence-corrected chi connectivity index (χ0v) is 12.5. The van der Waals surface area contributed by atoms with Crippen LogP contribution < -0.4 is 5.32 Å². The second kappa shape index (κ2) is 6.45. The summed E-state index contributed by atoms with van der Waals surface area (Å²) in [5.74, 6) is -2.37. The predicted molar refractivity (Wildman–Crippen MR) is 68.0 cm³/mol. The fourth-order valence-electron chi connectivity index (χ4n) is 1.56. The molecule has 7 heteroatoms. The summed E-state index contributed by atoms with van der Waals surface area (Å²) in [4.78, 5) is 23.4. The van der Waals surface area contributed by atoms with E-state index in [0.29, 0.717) is 6.42 Å². The third-order valence-electron chi connectivity index (χ3n) is 2.55. The standard InChI is InChI=1S/C13H22F3NO3/c1-6-8-9(18)20-12(7-2,13(14,15)16)10(19)17-11(3,4)5/h6-8H2,1-5H3,(H,17,19)/t12-/m0/s1. The van der Waals surface area contributed by atoms with Crippen LogP contribution in [0.15, 0.2) is 0 Å². The van der Waals surface area contributed by atoms with Gasteiger partial charge in [-0.2, -0.15) is 13.2 Å². The summed E-state index contributed by atoms with van der Waals surface area (Å²) < 4.78 is 44.3. The van der Waals surface area contributed by atoms with Crippen LogP contribution >= 0.6 is 0 Å². The molecule has 0 fully saturated rings. The summed E-state index contributed by atoms with van der Waals surface area (Å²) in [5, 5.41) is 2.23. The van der Waals surface area contributed by atoms with Crippen molar-refractivity contribution >= 4 is 11.9 Å². The van der Waals surface area contributed by atoms with Crippen LogP contribution in [0.25, 0.3) is 0 Å². The smallest absolute Gasteiger partial charge is 0.437 e. The molecule has 1 amide bonds. The van der Waals surface area contributed by atoms with Crippen molar-refractivity contribution in [3.63, 3.8) is 0 Å². The summed E-state index contributed by atoms with van der Waals surface area (Å²) in [7, 11) is 0. The van der Waals surface area contributed by atoms with Crippen molar-refractivity contribution in [2.75, 3.05) is 0 Å². The van der Waals surface area contributed by atoms with Crippen LogP contribution in [0.5, 0.6) is 0 Å². The molecule has 0 saturated heterocycles. The largest absolute Gasteiger partial charge is 0.439 e. The number of esters is 1. The monoisotopic (exact) mass is 297 g/mol. The van der Waals surface area contributed by atoms with Crippen LogP contribution in [0, 0.1) is 0 Å². The number of hydrogen-bond acceptors (Lipinski definition) is 3. The maximum absolute atomic E-state index is 13.3. The van der Waals surface area contributed by atoms with Crippen molar-refractivity contribution in [3.05, 3.63) is 0 Å². The quantitative estimate of drug-likeness (QED) is 0.794. The average Bonchev–Trinajstić information content (AvgIpc) is 2.21. The fourth-order valence-corrected chi connectivity index (χ4v) is 1.56. The minimum Gasteiger partial charge on any atom is -0.439 e. The highest BCUT2D eigenvalue weighted by molar-refractivity contribution is 5.89. The SMILES string of the molecule is CCCC(=O)O[C@@](CC)(C(=O)NC(C)(C)C)C(F)(F)F. The lowest BCUT2D eigenvalue weighted by Gasteiger charge is -2.35. The maximum Gasteiger partial charge on any atom is 0.437 e. The van der Waals surface area contributed by atoms with Crippen molar-refractivity contribution in [2.45, 2.75) is 71.2 Å². The molecule has 1 N–H and O–H groups in total. The second-order valence-corrected chi connectivity index (χ2v) is 5.61. The third kappa shape index (κ3) is 4.68. The molecular weight excluding hydrogens is 275 g/mol. The molecule has 0 aromatic carbocycles. The Morgan fingerprint density at radius 2 is 1.60 bits per heavy atom. The Morgan fingerprint density at radius 3 is 1.90 bits per heavy atom. The molecule has 0 spiro atoms. The van der Waals surface area contributed by atoms with E-state index in [1.165, 1.54) is 0 Å². The lowest BCUT2D eigenvalue weighted by molar-refractivity contribution is -0.263. The molecule has 0 aromatic rings. The molecule has 0 saturated carbocycles. The Hall–Kier alpha value is -1.27. The Kier molecular flexibility index (Phi) is 6.04. The van der Waals surface area contributed by atoms with Crippen molar-refractivity contribution in [2.24, 2.45) is 0 Å². The number of halogens is 3. The lowest BCUT2D eigenvalue weighted by atomic mass is 9.96. The van der Waals surface area contributed by atoms with Gasteiger partial charge in [0.05, 0.1) is 0 Å². The molecular formula is C13H22F3NO3. The van der Waals surface area contributed by atoms with E-state index in [1.54, 1.807) is 27.7 Å². The predicted octanol–water partition coefficient (Wildman–Crippen LogP) is 2.96. The topological polar surface area (TPSA) is 55.4 Å². The van der Waals surface area contributed by atoms with Gasteiger partial charge in [-0.25, -0.2) is 0 Å². The van der Waals surface area contributed by atoms with Crippen molar-refractivity contribution in [1.82, 2.24) is 5.32 Å². The lowest BCUT2D eigenvalue weighted by Crippen LogP contribution is -2.62. The number of amides is 1. The fraction of sp³-hybridized carbons (Fsp3) is 0.846. The normalized spacial score (nSPS) is 15.4. The first kappa shape index (κ1) is 18.7. The van der Waals surface area contributed by atoms with Gasteiger partial charge in [0.1, 0.15) is 0 Å². The van der Waals surface area contributed by atoms with Crippen LogP contribution in [0.3, 0.4) is 0 Å². The van der Waals surface area contributed by atoms with Gasteiger partial charge < -0.3 is 10.1 Å². The summed E-state index contributed by atoms with van der Waals surface area (Å²) in [6.07, 6.45) is -5.47. The van der Waals surface area contributed by atoms with Gasteiger partial charge in [0.2, 0.25) is 0 Å². The van der Waals surface area contributed by atoms with Crippen LogP contribution in [0.4, 0.5) is 13.2 Å². The van der Waals surface area contributed by atoms with Gasteiger partial charge in [0, 0.05) is 18.4 Å². The van der Waals surface area contributed by atoms with Gasteiger partial charge in [-0.1, -0.05) is 13.8 Å². The number of alkyl halides is 3. The van der Waals surface area contributed by atoms with Crippen LogP contribution in [0.1, 0.15) is 53.9 Å². The molecule has 4 nitrogen and oxygen atoms in total.